The lowest BCUT2D eigenvalue weighted by molar-refractivity contribution is -0.129. The van der Waals surface area contributed by atoms with Crippen molar-refractivity contribution in [1.82, 2.24) is 9.78 Å². The number of halogens is 2. The van der Waals surface area contributed by atoms with Crippen molar-refractivity contribution >= 4 is 29.5 Å². The van der Waals surface area contributed by atoms with Crippen molar-refractivity contribution in [3.05, 3.63) is 88.1 Å². The van der Waals surface area contributed by atoms with Crippen molar-refractivity contribution in [2.45, 2.75) is 6.92 Å². The van der Waals surface area contributed by atoms with E-state index in [0.29, 0.717) is 22.0 Å². The molecule has 5 nitrogen and oxygen atoms in total. The third-order valence-corrected chi connectivity index (χ3v) is 4.39. The molecule has 27 heavy (non-hydrogen) atoms. The Kier molecular flexibility index (Phi) is 4.33. The molecule has 0 bridgehead atoms. The van der Waals surface area contributed by atoms with Gasteiger partial charge in [0.15, 0.2) is 5.70 Å². The molecule has 4 rings (SSSR count). The van der Waals surface area contributed by atoms with Crippen LogP contribution in [0.4, 0.5) is 4.39 Å². The third-order valence-electron chi connectivity index (χ3n) is 4.02. The smallest absolute Gasteiger partial charge is 0.363 e. The normalized spacial score (nSPS) is 15.1. The number of hydrogen-bond acceptors (Lipinski definition) is 4. The SMILES string of the molecule is Cc1nn(-c2ccccc2)c(Cl)c1C=C1N=C(c2cccc(F)c2)OC1=O. The Bertz CT molecular complexity index is 1100. The first kappa shape index (κ1) is 17.2. The van der Waals surface area contributed by atoms with E-state index in [9.17, 15) is 9.18 Å². The molecule has 1 aliphatic heterocycles. The minimum atomic E-state index is -0.628. The number of carbonyl (C=O) groups excluding carboxylic acids is 1. The van der Waals surface area contributed by atoms with E-state index in [4.69, 9.17) is 16.3 Å². The first-order valence-electron chi connectivity index (χ1n) is 8.12. The van der Waals surface area contributed by atoms with E-state index in [1.165, 1.54) is 24.3 Å². The van der Waals surface area contributed by atoms with E-state index >= 15 is 0 Å². The Morgan fingerprint density at radius 1 is 1.15 bits per heavy atom. The van der Waals surface area contributed by atoms with E-state index in [-0.39, 0.29) is 11.6 Å². The predicted octanol–water partition coefficient (Wildman–Crippen LogP) is 4.32. The molecule has 0 spiro atoms. The summed E-state index contributed by atoms with van der Waals surface area (Å²) in [5.74, 6) is -1.01. The van der Waals surface area contributed by atoms with Gasteiger partial charge in [-0.15, -0.1) is 0 Å². The number of nitrogens with zero attached hydrogens (tertiary/aromatic N) is 3. The van der Waals surface area contributed by atoms with Gasteiger partial charge in [-0.3, -0.25) is 0 Å². The fourth-order valence-electron chi connectivity index (χ4n) is 2.71. The maximum absolute atomic E-state index is 13.4. The maximum atomic E-state index is 13.4. The van der Waals surface area contributed by atoms with Gasteiger partial charge in [0.2, 0.25) is 5.90 Å². The van der Waals surface area contributed by atoms with Gasteiger partial charge in [-0.2, -0.15) is 5.10 Å². The summed E-state index contributed by atoms with van der Waals surface area (Å²) in [4.78, 5) is 16.4. The summed E-state index contributed by atoms with van der Waals surface area (Å²) in [6.07, 6.45) is 1.53. The lowest BCUT2D eigenvalue weighted by Gasteiger charge is -2.01. The Morgan fingerprint density at radius 2 is 1.93 bits per heavy atom. The quantitative estimate of drug-likeness (QED) is 0.501. The van der Waals surface area contributed by atoms with Gasteiger partial charge in [-0.25, -0.2) is 18.9 Å². The molecule has 0 radical (unpaired) electrons. The van der Waals surface area contributed by atoms with E-state index in [2.05, 4.69) is 10.1 Å². The maximum Gasteiger partial charge on any atom is 0.363 e. The van der Waals surface area contributed by atoms with Crippen molar-refractivity contribution in [3.63, 3.8) is 0 Å². The molecule has 134 valence electrons. The minimum absolute atomic E-state index is 0.0509. The fourth-order valence-corrected chi connectivity index (χ4v) is 3.03. The summed E-state index contributed by atoms with van der Waals surface area (Å²) in [6.45, 7) is 1.79. The lowest BCUT2D eigenvalue weighted by Crippen LogP contribution is -2.05. The van der Waals surface area contributed by atoms with Gasteiger partial charge in [0.05, 0.1) is 11.4 Å². The van der Waals surface area contributed by atoms with Crippen molar-refractivity contribution in [3.8, 4) is 5.69 Å². The predicted molar refractivity (Wildman–Crippen MR) is 100 cm³/mol. The van der Waals surface area contributed by atoms with Crippen LogP contribution in [0.2, 0.25) is 5.15 Å². The van der Waals surface area contributed by atoms with Crippen LogP contribution in [0, 0.1) is 12.7 Å². The van der Waals surface area contributed by atoms with Crippen LogP contribution >= 0.6 is 11.6 Å². The van der Waals surface area contributed by atoms with E-state index in [1.54, 1.807) is 17.7 Å². The van der Waals surface area contributed by atoms with Crippen LogP contribution in [0.3, 0.4) is 0 Å². The van der Waals surface area contributed by atoms with Gasteiger partial charge >= 0.3 is 5.97 Å². The monoisotopic (exact) mass is 381 g/mol. The van der Waals surface area contributed by atoms with Crippen LogP contribution in [-0.2, 0) is 9.53 Å². The van der Waals surface area contributed by atoms with Crippen LogP contribution in [-0.4, -0.2) is 21.6 Å². The van der Waals surface area contributed by atoms with Crippen molar-refractivity contribution < 1.29 is 13.9 Å². The first-order valence-corrected chi connectivity index (χ1v) is 8.50. The zero-order valence-corrected chi connectivity index (χ0v) is 14.9. The summed E-state index contributed by atoms with van der Waals surface area (Å²) >= 11 is 6.47. The van der Waals surface area contributed by atoms with E-state index in [0.717, 1.165) is 5.69 Å². The molecule has 0 aliphatic carbocycles. The summed E-state index contributed by atoms with van der Waals surface area (Å²) in [7, 11) is 0. The molecular weight excluding hydrogens is 369 g/mol. The Balaban J connectivity index is 1.74. The largest absolute Gasteiger partial charge is 0.402 e. The highest BCUT2D eigenvalue weighted by Crippen LogP contribution is 2.28. The number of carbonyl (C=O) groups is 1. The van der Waals surface area contributed by atoms with Gasteiger partial charge in [-0.05, 0) is 43.3 Å². The summed E-state index contributed by atoms with van der Waals surface area (Å²) in [5, 5.41) is 4.78. The number of benzene rings is 2. The number of hydrogen-bond donors (Lipinski definition) is 0. The highest BCUT2D eigenvalue weighted by Gasteiger charge is 2.26. The molecule has 0 N–H and O–H groups in total. The molecule has 0 atom stereocenters. The number of esters is 1. The summed E-state index contributed by atoms with van der Waals surface area (Å²) < 4.78 is 20.1. The molecule has 1 aromatic heterocycles. The second-order valence-electron chi connectivity index (χ2n) is 5.88. The number of ether oxygens (including phenoxy) is 1. The molecule has 3 aromatic rings. The summed E-state index contributed by atoms with van der Waals surface area (Å²) in [5.41, 5.74) is 2.46. The number of rotatable bonds is 3. The Labute approximate surface area is 159 Å². The zero-order chi connectivity index (χ0) is 19.0. The van der Waals surface area contributed by atoms with Gasteiger partial charge in [-0.1, -0.05) is 35.9 Å². The van der Waals surface area contributed by atoms with E-state index < -0.39 is 11.8 Å². The zero-order valence-electron chi connectivity index (χ0n) is 14.2. The number of para-hydroxylation sites is 1. The molecule has 7 heteroatoms. The van der Waals surface area contributed by atoms with Crippen LogP contribution in [0.1, 0.15) is 16.8 Å². The Morgan fingerprint density at radius 3 is 2.67 bits per heavy atom. The van der Waals surface area contributed by atoms with Gasteiger partial charge in [0, 0.05) is 11.1 Å². The molecule has 0 amide bonds. The minimum Gasteiger partial charge on any atom is -0.402 e. The standard InChI is InChI=1S/C20H13ClFN3O2/c1-12-16(18(21)25(24-12)15-8-3-2-4-9-15)11-17-20(26)27-19(23-17)13-6-5-7-14(22)10-13/h2-11H,1H3. The molecule has 0 saturated heterocycles. The van der Waals surface area contributed by atoms with Crippen LogP contribution in [0.5, 0.6) is 0 Å². The average Bonchev–Trinajstić information content (AvgIpc) is 3.17. The number of cyclic esters (lactones) is 1. The molecule has 1 aliphatic rings. The number of aryl methyl sites for hydroxylation is 1. The van der Waals surface area contributed by atoms with Crippen LogP contribution in [0.25, 0.3) is 11.8 Å². The number of aromatic nitrogens is 2. The van der Waals surface area contributed by atoms with Crippen molar-refractivity contribution in [2.75, 3.05) is 0 Å². The first-order chi connectivity index (χ1) is 13.0. The van der Waals surface area contributed by atoms with Gasteiger partial charge in [0.1, 0.15) is 11.0 Å². The molecular formula is C20H13ClFN3O2. The molecule has 0 saturated carbocycles. The molecule has 0 unspecified atom stereocenters. The molecule has 2 heterocycles. The van der Waals surface area contributed by atoms with Crippen molar-refractivity contribution in [1.29, 1.82) is 0 Å². The lowest BCUT2D eigenvalue weighted by atomic mass is 10.2. The second kappa shape index (κ2) is 6.81. The number of aliphatic imine (C=N–C) groups is 1. The van der Waals surface area contributed by atoms with Crippen LogP contribution in [0.15, 0.2) is 65.3 Å². The molecule has 0 fully saturated rings. The van der Waals surface area contributed by atoms with E-state index in [1.807, 2.05) is 30.3 Å². The Hall–Kier alpha value is -3.25. The third kappa shape index (κ3) is 3.27. The second-order valence-corrected chi connectivity index (χ2v) is 6.24. The van der Waals surface area contributed by atoms with Crippen molar-refractivity contribution in [2.24, 2.45) is 4.99 Å². The van der Waals surface area contributed by atoms with Crippen LogP contribution < -0.4 is 0 Å². The van der Waals surface area contributed by atoms with Gasteiger partial charge < -0.3 is 4.74 Å². The van der Waals surface area contributed by atoms with Gasteiger partial charge in [0.25, 0.3) is 0 Å². The molecule has 2 aromatic carbocycles. The fraction of sp³-hybridized carbons (Fsp3) is 0.0500. The topological polar surface area (TPSA) is 56.5 Å². The highest BCUT2D eigenvalue weighted by molar-refractivity contribution is 6.31. The highest BCUT2D eigenvalue weighted by atomic mass is 35.5. The average molecular weight is 382 g/mol. The summed E-state index contributed by atoms with van der Waals surface area (Å²) in [6, 6.07) is 15.1.